The number of fused-ring (bicyclic) bond motifs is 1. The second kappa shape index (κ2) is 3.64. The molecule has 0 fully saturated rings. The van der Waals surface area contributed by atoms with E-state index in [-0.39, 0.29) is 5.88 Å². The van der Waals surface area contributed by atoms with Gasteiger partial charge >= 0.3 is 0 Å². The Balaban J connectivity index is 2.37. The predicted molar refractivity (Wildman–Crippen MR) is 67.2 cm³/mol. The van der Waals surface area contributed by atoms with Crippen molar-refractivity contribution in [1.82, 2.24) is 9.78 Å². The molecule has 0 aliphatic rings. The number of nitriles is 1. The van der Waals surface area contributed by atoms with Crippen LogP contribution in [0, 0.1) is 18.3 Å². The molecule has 0 amide bonds. The molecule has 1 aromatic carbocycles. The van der Waals surface area contributed by atoms with E-state index >= 15 is 0 Å². The SMILES string of the molecule is Cc1nn(-c2ccccc2)c2oc(N)c(C#N)c12. The fraction of sp³-hybridized carbons (Fsp3) is 0.0769. The van der Waals surface area contributed by atoms with Crippen molar-refractivity contribution in [2.45, 2.75) is 6.92 Å². The molecule has 0 bridgehead atoms. The molecule has 88 valence electrons. The summed E-state index contributed by atoms with van der Waals surface area (Å²) in [5.74, 6) is 0.137. The Bertz CT molecular complexity index is 762. The summed E-state index contributed by atoms with van der Waals surface area (Å²) < 4.78 is 7.11. The largest absolute Gasteiger partial charge is 0.421 e. The van der Waals surface area contributed by atoms with Crippen molar-refractivity contribution in [3.05, 3.63) is 41.6 Å². The minimum absolute atomic E-state index is 0.137. The average molecular weight is 238 g/mol. The predicted octanol–water partition coefficient (Wildman–Crippen LogP) is 2.38. The van der Waals surface area contributed by atoms with Gasteiger partial charge in [-0.1, -0.05) is 18.2 Å². The minimum Gasteiger partial charge on any atom is -0.421 e. The number of hydrogen-bond donors (Lipinski definition) is 1. The molecule has 3 aromatic rings. The Labute approximate surface area is 103 Å². The summed E-state index contributed by atoms with van der Waals surface area (Å²) in [5.41, 5.74) is 8.15. The van der Waals surface area contributed by atoms with E-state index in [2.05, 4.69) is 11.2 Å². The molecule has 0 spiro atoms. The number of nitrogens with two attached hydrogens (primary N) is 1. The number of nitrogen functional groups attached to an aromatic ring is 1. The van der Waals surface area contributed by atoms with Gasteiger partial charge in [-0.05, 0) is 19.1 Å². The molecule has 3 rings (SSSR count). The number of aromatic nitrogens is 2. The van der Waals surface area contributed by atoms with E-state index in [1.165, 1.54) is 0 Å². The van der Waals surface area contributed by atoms with Crippen LogP contribution < -0.4 is 5.73 Å². The van der Waals surface area contributed by atoms with Gasteiger partial charge in [0.1, 0.15) is 11.6 Å². The van der Waals surface area contributed by atoms with E-state index in [1.54, 1.807) is 4.68 Å². The van der Waals surface area contributed by atoms with Crippen LogP contribution in [0.4, 0.5) is 5.88 Å². The van der Waals surface area contributed by atoms with E-state index in [4.69, 9.17) is 15.4 Å². The molecule has 5 heteroatoms. The van der Waals surface area contributed by atoms with E-state index in [0.717, 1.165) is 11.4 Å². The van der Waals surface area contributed by atoms with Crippen LogP contribution in [0.25, 0.3) is 16.8 Å². The summed E-state index contributed by atoms with van der Waals surface area (Å²) in [4.78, 5) is 0. The molecule has 5 nitrogen and oxygen atoms in total. The zero-order valence-electron chi connectivity index (χ0n) is 9.71. The number of furan rings is 1. The van der Waals surface area contributed by atoms with Gasteiger partial charge in [0.15, 0.2) is 0 Å². The summed E-state index contributed by atoms with van der Waals surface area (Å²) in [7, 11) is 0. The van der Waals surface area contributed by atoms with Crippen molar-refractivity contribution in [2.24, 2.45) is 0 Å². The lowest BCUT2D eigenvalue weighted by atomic mass is 10.2. The van der Waals surface area contributed by atoms with Crippen molar-refractivity contribution in [3.63, 3.8) is 0 Å². The van der Waals surface area contributed by atoms with Crippen LogP contribution in [0.3, 0.4) is 0 Å². The van der Waals surface area contributed by atoms with Gasteiger partial charge in [0.2, 0.25) is 11.6 Å². The third kappa shape index (κ3) is 1.29. The number of anilines is 1. The van der Waals surface area contributed by atoms with Crippen molar-refractivity contribution >= 4 is 17.0 Å². The van der Waals surface area contributed by atoms with Crippen LogP contribution >= 0.6 is 0 Å². The molecule has 2 aromatic heterocycles. The van der Waals surface area contributed by atoms with Gasteiger partial charge in [0.25, 0.3) is 0 Å². The third-order valence-corrected chi connectivity index (χ3v) is 2.83. The highest BCUT2D eigenvalue weighted by Crippen LogP contribution is 2.31. The fourth-order valence-electron chi connectivity index (χ4n) is 2.02. The zero-order valence-corrected chi connectivity index (χ0v) is 9.71. The quantitative estimate of drug-likeness (QED) is 0.705. The highest BCUT2D eigenvalue weighted by atomic mass is 16.4. The van der Waals surface area contributed by atoms with Crippen LogP contribution in [0.2, 0.25) is 0 Å². The first-order valence-electron chi connectivity index (χ1n) is 5.45. The van der Waals surface area contributed by atoms with Crippen LogP contribution in [0.1, 0.15) is 11.3 Å². The highest BCUT2D eigenvalue weighted by Gasteiger charge is 2.20. The fourth-order valence-corrected chi connectivity index (χ4v) is 2.02. The molecule has 2 N–H and O–H groups in total. The van der Waals surface area contributed by atoms with E-state index in [1.807, 2.05) is 37.3 Å². The maximum atomic E-state index is 9.08. The first-order valence-corrected chi connectivity index (χ1v) is 5.45. The van der Waals surface area contributed by atoms with E-state index < -0.39 is 0 Å². The van der Waals surface area contributed by atoms with Crippen LogP contribution in [0.5, 0.6) is 0 Å². The Kier molecular flexibility index (Phi) is 2.10. The molecular weight excluding hydrogens is 228 g/mol. The lowest BCUT2D eigenvalue weighted by Crippen LogP contribution is -1.95. The number of nitrogens with zero attached hydrogens (tertiary/aromatic N) is 3. The number of aryl methyl sites for hydroxylation is 1. The summed E-state index contributed by atoms with van der Waals surface area (Å²) in [6.45, 7) is 1.83. The van der Waals surface area contributed by atoms with Gasteiger partial charge in [0.05, 0.1) is 16.8 Å². The molecular formula is C13H10N4O. The first-order chi connectivity index (χ1) is 8.72. The molecule has 0 unspecified atom stereocenters. The second-order valence-electron chi connectivity index (χ2n) is 3.97. The Morgan fingerprint density at radius 1 is 1.33 bits per heavy atom. The van der Waals surface area contributed by atoms with Gasteiger partial charge in [-0.25, -0.2) is 0 Å². The van der Waals surface area contributed by atoms with E-state index in [0.29, 0.717) is 16.7 Å². The van der Waals surface area contributed by atoms with Gasteiger partial charge in [-0.15, -0.1) is 0 Å². The maximum Gasteiger partial charge on any atom is 0.233 e. The first kappa shape index (κ1) is 10.4. The number of hydrogen-bond acceptors (Lipinski definition) is 4. The zero-order chi connectivity index (χ0) is 12.7. The molecule has 18 heavy (non-hydrogen) atoms. The lowest BCUT2D eigenvalue weighted by molar-refractivity contribution is 0.601. The molecule has 2 heterocycles. The number of rotatable bonds is 1. The monoisotopic (exact) mass is 238 g/mol. The maximum absolute atomic E-state index is 9.08. The standard InChI is InChI=1S/C13H10N4O/c1-8-11-10(7-14)12(15)18-13(11)17(16-8)9-5-3-2-4-6-9/h2-6H,15H2,1H3. The lowest BCUT2D eigenvalue weighted by Gasteiger charge is -1.99. The Morgan fingerprint density at radius 2 is 2.06 bits per heavy atom. The molecule has 0 saturated carbocycles. The minimum atomic E-state index is 0.137. The van der Waals surface area contributed by atoms with Crippen molar-refractivity contribution < 1.29 is 4.42 Å². The van der Waals surface area contributed by atoms with Crippen molar-refractivity contribution in [2.75, 3.05) is 5.73 Å². The normalized spacial score (nSPS) is 10.7. The second-order valence-corrected chi connectivity index (χ2v) is 3.97. The molecule has 0 radical (unpaired) electrons. The van der Waals surface area contributed by atoms with Crippen LogP contribution in [-0.2, 0) is 0 Å². The molecule has 0 atom stereocenters. The van der Waals surface area contributed by atoms with Crippen LogP contribution in [0.15, 0.2) is 34.7 Å². The smallest absolute Gasteiger partial charge is 0.233 e. The summed E-state index contributed by atoms with van der Waals surface area (Å²) in [5, 5.41) is 14.1. The average Bonchev–Trinajstić information content (AvgIpc) is 2.87. The number of para-hydroxylation sites is 1. The highest BCUT2D eigenvalue weighted by molar-refractivity contribution is 5.89. The summed E-state index contributed by atoms with van der Waals surface area (Å²) >= 11 is 0. The summed E-state index contributed by atoms with van der Waals surface area (Å²) in [6.07, 6.45) is 0. The van der Waals surface area contributed by atoms with Crippen LogP contribution in [-0.4, -0.2) is 9.78 Å². The van der Waals surface area contributed by atoms with Crippen molar-refractivity contribution in [1.29, 1.82) is 5.26 Å². The molecule has 0 aliphatic heterocycles. The topological polar surface area (TPSA) is 80.8 Å². The molecule has 0 aliphatic carbocycles. The van der Waals surface area contributed by atoms with Gasteiger partial charge in [-0.3, -0.25) is 0 Å². The van der Waals surface area contributed by atoms with Gasteiger partial charge < -0.3 is 10.2 Å². The van der Waals surface area contributed by atoms with E-state index in [9.17, 15) is 0 Å². The van der Waals surface area contributed by atoms with Crippen molar-refractivity contribution in [3.8, 4) is 11.8 Å². The molecule has 0 saturated heterocycles. The van der Waals surface area contributed by atoms with Gasteiger partial charge in [-0.2, -0.15) is 15.0 Å². The van der Waals surface area contributed by atoms with Gasteiger partial charge in [0, 0.05) is 0 Å². The summed E-state index contributed by atoms with van der Waals surface area (Å²) in [6, 6.07) is 11.6. The Morgan fingerprint density at radius 3 is 2.72 bits per heavy atom. The number of benzene rings is 1. The third-order valence-electron chi connectivity index (χ3n) is 2.83. The Hall–Kier alpha value is -2.74.